The fraction of sp³-hybridized carbons (Fsp3) is 0.836. The average molecular weight is 873 g/mol. The van der Waals surface area contributed by atoms with E-state index >= 15 is 0 Å². The normalized spacial score (nSPS) is 12.3. The van der Waals surface area contributed by atoms with Crippen molar-refractivity contribution in [3.63, 3.8) is 0 Å². The Morgan fingerprint density at radius 2 is 0.548 bits per heavy atom. The van der Waals surface area contributed by atoms with E-state index in [0.717, 1.165) is 77.0 Å². The van der Waals surface area contributed by atoms with Gasteiger partial charge in [0.25, 0.3) is 0 Å². The first-order valence-corrected chi connectivity index (χ1v) is 26.3. The lowest BCUT2D eigenvalue weighted by atomic mass is 9.98. The summed E-state index contributed by atoms with van der Waals surface area (Å²) in [6.45, 7) is 6.79. The van der Waals surface area contributed by atoms with Crippen molar-refractivity contribution in [3.05, 3.63) is 36.5 Å². The van der Waals surface area contributed by atoms with Gasteiger partial charge < -0.3 is 18.7 Å². The lowest BCUT2D eigenvalue weighted by Crippen LogP contribution is -2.65. The van der Waals surface area contributed by atoms with Crippen molar-refractivity contribution in [2.24, 2.45) is 0 Å². The van der Waals surface area contributed by atoms with E-state index in [1.807, 2.05) is 21.1 Å². The topological polar surface area (TPSA) is 78.9 Å². The summed E-state index contributed by atoms with van der Waals surface area (Å²) in [6, 6.07) is 0. The number of rotatable bonds is 46. The van der Waals surface area contributed by atoms with E-state index in [1.165, 1.54) is 135 Å². The second kappa shape index (κ2) is 43.8. The molecule has 62 heavy (non-hydrogen) atoms. The summed E-state index contributed by atoms with van der Waals surface area (Å²) in [5.74, 6) is -0.760. The molecule has 0 amide bonds. The molecule has 0 aromatic rings. The number of carbonyl (C=O) groups is 3. The minimum Gasteiger partial charge on any atom is -0.459 e. The fourth-order valence-electron chi connectivity index (χ4n) is 7.53. The fourth-order valence-corrected chi connectivity index (χ4v) is 7.53. The Balaban J connectivity index is 4.91. The number of ether oxygens (including phenoxy) is 3. The minimum absolute atomic E-state index is 0.0149. The number of quaternary nitrogens is 1. The van der Waals surface area contributed by atoms with Crippen LogP contribution in [0.25, 0.3) is 0 Å². The highest BCUT2D eigenvalue weighted by molar-refractivity contribution is 5.70. The number of carbonyl (C=O) groups excluding carboxylic acids is 3. The zero-order valence-corrected chi connectivity index (χ0v) is 41.9. The molecule has 0 heterocycles. The van der Waals surface area contributed by atoms with E-state index in [9.17, 15) is 14.4 Å². The third-order valence-electron chi connectivity index (χ3n) is 12.4. The molecule has 0 spiro atoms. The molecule has 0 fully saturated rings. The molecule has 7 heteroatoms. The summed E-state index contributed by atoms with van der Waals surface area (Å²) >= 11 is 0. The zero-order valence-electron chi connectivity index (χ0n) is 41.9. The number of likely N-dealkylation sites (N-methyl/N-ethyl adjacent to an activating group) is 1. The first kappa shape index (κ1) is 59.6. The first-order valence-electron chi connectivity index (χ1n) is 26.3. The Morgan fingerprint density at radius 3 is 0.774 bits per heavy atom. The van der Waals surface area contributed by atoms with Crippen molar-refractivity contribution < 1.29 is 33.1 Å². The van der Waals surface area contributed by atoms with Crippen LogP contribution in [-0.4, -0.2) is 68.9 Å². The highest BCUT2D eigenvalue weighted by Gasteiger charge is 2.47. The molecule has 0 aromatic heterocycles. The SMILES string of the molecule is CCCCCC/C=C\CCCCCCCC(=O)OCC(COC(=O)CCCCCCC/C=C\CCCCCC)(COC(=O)CCCCCCC/C=C\CCCCCC)[N+](C)(C)C. The van der Waals surface area contributed by atoms with Crippen LogP contribution in [-0.2, 0) is 28.6 Å². The third-order valence-corrected chi connectivity index (χ3v) is 12.4. The number of unbranched alkanes of at least 4 members (excludes halogenated alkanes) is 27. The molecule has 0 saturated carbocycles. The summed E-state index contributed by atoms with van der Waals surface area (Å²) in [7, 11) is 5.96. The van der Waals surface area contributed by atoms with E-state index in [0.29, 0.717) is 23.7 Å². The van der Waals surface area contributed by atoms with Crippen LogP contribution in [0.1, 0.15) is 252 Å². The molecule has 0 atom stereocenters. The van der Waals surface area contributed by atoms with Gasteiger partial charge in [-0.2, -0.15) is 0 Å². The van der Waals surface area contributed by atoms with Gasteiger partial charge in [0.15, 0.2) is 19.8 Å². The maximum Gasteiger partial charge on any atom is 0.306 e. The Morgan fingerprint density at radius 1 is 0.339 bits per heavy atom. The monoisotopic (exact) mass is 873 g/mol. The van der Waals surface area contributed by atoms with Crippen LogP contribution in [0.3, 0.4) is 0 Å². The smallest absolute Gasteiger partial charge is 0.306 e. The van der Waals surface area contributed by atoms with Crippen molar-refractivity contribution in [3.8, 4) is 0 Å². The lowest BCUT2D eigenvalue weighted by Gasteiger charge is -2.44. The van der Waals surface area contributed by atoms with Crippen LogP contribution in [0.15, 0.2) is 36.5 Å². The molecule has 0 aliphatic carbocycles. The number of hydrogen-bond donors (Lipinski definition) is 0. The van der Waals surface area contributed by atoms with E-state index < -0.39 is 5.54 Å². The second-order valence-corrected chi connectivity index (χ2v) is 19.1. The second-order valence-electron chi connectivity index (χ2n) is 19.1. The molecular formula is C55H102NO6+. The van der Waals surface area contributed by atoms with Gasteiger partial charge >= 0.3 is 17.9 Å². The summed E-state index contributed by atoms with van der Waals surface area (Å²) in [5.41, 5.74) is -0.919. The Kier molecular flexibility index (Phi) is 42.1. The lowest BCUT2D eigenvalue weighted by molar-refractivity contribution is -0.925. The largest absolute Gasteiger partial charge is 0.459 e. The van der Waals surface area contributed by atoms with Crippen molar-refractivity contribution in [2.75, 3.05) is 41.0 Å². The van der Waals surface area contributed by atoms with E-state index in [1.54, 1.807) is 0 Å². The van der Waals surface area contributed by atoms with Crippen LogP contribution >= 0.6 is 0 Å². The summed E-state index contributed by atoms with van der Waals surface area (Å²) < 4.78 is 18.1. The number of hydrogen-bond acceptors (Lipinski definition) is 6. The molecule has 0 unspecified atom stereocenters. The number of esters is 3. The maximum atomic E-state index is 13.0. The molecule has 0 rings (SSSR count). The maximum absolute atomic E-state index is 13.0. The molecule has 362 valence electrons. The molecule has 0 N–H and O–H groups in total. The molecule has 0 aromatic carbocycles. The Hall–Kier alpha value is -2.41. The third kappa shape index (κ3) is 38.1. The molecule has 0 radical (unpaired) electrons. The van der Waals surface area contributed by atoms with Gasteiger partial charge in [-0.15, -0.1) is 0 Å². The van der Waals surface area contributed by atoms with Crippen molar-refractivity contribution in [1.82, 2.24) is 0 Å². The Labute approximate surface area is 384 Å². The van der Waals surface area contributed by atoms with Gasteiger partial charge in [-0.3, -0.25) is 14.4 Å². The van der Waals surface area contributed by atoms with Gasteiger partial charge in [-0.05, 0) is 96.3 Å². The number of allylic oxidation sites excluding steroid dienone is 6. The minimum atomic E-state index is -0.919. The molecule has 0 bridgehead atoms. The van der Waals surface area contributed by atoms with Crippen molar-refractivity contribution in [1.29, 1.82) is 0 Å². The van der Waals surface area contributed by atoms with Crippen LogP contribution in [0.4, 0.5) is 0 Å². The highest BCUT2D eigenvalue weighted by Crippen LogP contribution is 2.24. The van der Waals surface area contributed by atoms with Gasteiger partial charge in [0.05, 0.1) is 21.1 Å². The first-order chi connectivity index (χ1) is 30.1. The van der Waals surface area contributed by atoms with E-state index in [2.05, 4.69) is 57.2 Å². The van der Waals surface area contributed by atoms with Crippen molar-refractivity contribution >= 4 is 17.9 Å². The number of nitrogens with zero attached hydrogens (tertiary/aromatic N) is 1. The standard InChI is InChI=1S/C55H102NO6/c1-7-10-13-16-19-22-25-28-31-34-37-40-43-46-52(57)60-49-55(56(4,5)6,50-61-53(58)47-44-41-38-35-32-29-26-23-20-17-14-11-8-2)51-62-54(59)48-45-42-39-36-33-30-27-24-21-18-15-12-9-3/h22-27H,7-21,28-51H2,1-6H3/q+1/b25-22-,26-23-,27-24-. The molecule has 0 aliphatic heterocycles. The summed E-state index contributed by atoms with van der Waals surface area (Å²) in [4.78, 5) is 39.1. The molecular weight excluding hydrogens is 771 g/mol. The van der Waals surface area contributed by atoms with Gasteiger partial charge in [-0.25, -0.2) is 0 Å². The quantitative estimate of drug-likeness (QED) is 0.0199. The van der Waals surface area contributed by atoms with Crippen molar-refractivity contribution in [2.45, 2.75) is 257 Å². The average Bonchev–Trinajstić information content (AvgIpc) is 3.25. The summed E-state index contributed by atoms with van der Waals surface area (Å²) in [5, 5.41) is 0. The molecule has 0 aliphatic rings. The van der Waals surface area contributed by atoms with Gasteiger partial charge in [-0.1, -0.05) is 173 Å². The zero-order chi connectivity index (χ0) is 45.7. The molecule has 7 nitrogen and oxygen atoms in total. The highest BCUT2D eigenvalue weighted by atomic mass is 16.6. The van der Waals surface area contributed by atoms with Crippen LogP contribution in [0, 0.1) is 0 Å². The predicted octanol–water partition coefficient (Wildman–Crippen LogP) is 15.8. The van der Waals surface area contributed by atoms with E-state index in [-0.39, 0.29) is 37.7 Å². The molecule has 0 saturated heterocycles. The summed E-state index contributed by atoms with van der Waals surface area (Å²) in [6.07, 6.45) is 53.5. The van der Waals surface area contributed by atoms with Gasteiger partial charge in [0.1, 0.15) is 0 Å². The van der Waals surface area contributed by atoms with Gasteiger partial charge in [0, 0.05) is 19.3 Å². The Bertz CT molecular complexity index is 995. The predicted molar refractivity (Wildman–Crippen MR) is 264 cm³/mol. The van der Waals surface area contributed by atoms with Crippen LogP contribution < -0.4 is 0 Å². The van der Waals surface area contributed by atoms with Gasteiger partial charge in [0.2, 0.25) is 5.54 Å². The van der Waals surface area contributed by atoms with E-state index in [4.69, 9.17) is 14.2 Å². The van der Waals surface area contributed by atoms with Crippen LogP contribution in [0.5, 0.6) is 0 Å². The van der Waals surface area contributed by atoms with Crippen LogP contribution in [0.2, 0.25) is 0 Å².